The lowest BCUT2D eigenvalue weighted by molar-refractivity contribution is 0.0600. The summed E-state index contributed by atoms with van der Waals surface area (Å²) < 4.78 is 4.76. The minimum absolute atomic E-state index is 0.0686. The third kappa shape index (κ3) is 3.39. The van der Waals surface area contributed by atoms with Gasteiger partial charge in [-0.3, -0.25) is 4.79 Å². The van der Waals surface area contributed by atoms with Gasteiger partial charge in [0, 0.05) is 26.2 Å². The van der Waals surface area contributed by atoms with Gasteiger partial charge in [-0.1, -0.05) is 17.7 Å². The maximum atomic E-state index is 12.4. The normalized spacial score (nSPS) is 14.6. The summed E-state index contributed by atoms with van der Waals surface area (Å²) in [6.45, 7) is 2.58. The average Bonchev–Trinajstić information content (AvgIpc) is 3.15. The van der Waals surface area contributed by atoms with E-state index in [0.29, 0.717) is 36.8 Å². The van der Waals surface area contributed by atoms with E-state index in [-0.39, 0.29) is 11.9 Å². The van der Waals surface area contributed by atoms with Crippen molar-refractivity contribution in [1.29, 1.82) is 0 Å². The fourth-order valence-electron chi connectivity index (χ4n) is 2.71. The number of esters is 1. The lowest BCUT2D eigenvalue weighted by Crippen LogP contribution is -2.48. The van der Waals surface area contributed by atoms with E-state index >= 15 is 0 Å². The van der Waals surface area contributed by atoms with Crippen molar-refractivity contribution < 1.29 is 14.3 Å². The predicted molar refractivity (Wildman–Crippen MR) is 95.2 cm³/mol. The first-order valence-electron chi connectivity index (χ1n) is 7.55. The zero-order chi connectivity index (χ0) is 17.1. The van der Waals surface area contributed by atoms with Crippen LogP contribution in [0.15, 0.2) is 35.7 Å². The molecule has 1 aliphatic heterocycles. The third-order valence-electron chi connectivity index (χ3n) is 4.01. The molecule has 0 N–H and O–H groups in total. The molecule has 0 spiro atoms. The molecule has 0 bridgehead atoms. The Bertz CT molecular complexity index is 740. The fourth-order valence-corrected chi connectivity index (χ4v) is 3.63. The first-order chi connectivity index (χ1) is 11.6. The minimum Gasteiger partial charge on any atom is -0.465 e. The van der Waals surface area contributed by atoms with Crippen LogP contribution in [0, 0.1) is 0 Å². The van der Waals surface area contributed by atoms with Gasteiger partial charge in [0.05, 0.1) is 28.3 Å². The number of rotatable bonds is 3. The van der Waals surface area contributed by atoms with Crippen LogP contribution in [-0.4, -0.2) is 50.1 Å². The Hall–Kier alpha value is -2.05. The van der Waals surface area contributed by atoms with E-state index < -0.39 is 0 Å². The van der Waals surface area contributed by atoms with Gasteiger partial charge in [-0.05, 0) is 29.6 Å². The number of ether oxygens (including phenoxy) is 1. The number of benzene rings is 1. The SMILES string of the molecule is COC(=O)c1ccc(Cl)c(N2CCN(C(=O)c3cccs3)CC2)c1. The predicted octanol–water partition coefficient (Wildman–Crippen LogP) is 3.15. The van der Waals surface area contributed by atoms with E-state index in [9.17, 15) is 9.59 Å². The molecule has 5 nitrogen and oxygen atoms in total. The summed E-state index contributed by atoms with van der Waals surface area (Å²) in [5, 5.41) is 2.49. The molecular formula is C17H17ClN2O3S. The Labute approximate surface area is 149 Å². The highest BCUT2D eigenvalue weighted by atomic mass is 35.5. The molecule has 1 fully saturated rings. The molecule has 1 aromatic heterocycles. The molecule has 0 aliphatic carbocycles. The van der Waals surface area contributed by atoms with Gasteiger partial charge in [0.2, 0.25) is 0 Å². The zero-order valence-corrected chi connectivity index (χ0v) is 14.8. The number of hydrogen-bond acceptors (Lipinski definition) is 5. The van der Waals surface area contributed by atoms with Crippen LogP contribution in [0.3, 0.4) is 0 Å². The molecule has 1 saturated heterocycles. The van der Waals surface area contributed by atoms with E-state index in [4.69, 9.17) is 16.3 Å². The third-order valence-corrected chi connectivity index (χ3v) is 5.18. The molecule has 126 valence electrons. The van der Waals surface area contributed by atoms with Crippen LogP contribution in [0.25, 0.3) is 0 Å². The van der Waals surface area contributed by atoms with Crippen LogP contribution in [-0.2, 0) is 4.74 Å². The molecule has 0 atom stereocenters. The Morgan fingerprint density at radius 3 is 2.54 bits per heavy atom. The Morgan fingerprint density at radius 2 is 1.92 bits per heavy atom. The smallest absolute Gasteiger partial charge is 0.337 e. The van der Waals surface area contributed by atoms with Crippen LogP contribution >= 0.6 is 22.9 Å². The van der Waals surface area contributed by atoms with Gasteiger partial charge in [-0.25, -0.2) is 4.79 Å². The summed E-state index contributed by atoms with van der Waals surface area (Å²) in [4.78, 5) is 28.8. The number of thiophene rings is 1. The summed E-state index contributed by atoms with van der Waals surface area (Å²) in [6, 6.07) is 8.81. The summed E-state index contributed by atoms with van der Waals surface area (Å²) in [7, 11) is 1.35. The molecule has 7 heteroatoms. The second-order valence-corrected chi connectivity index (χ2v) is 6.77. The monoisotopic (exact) mass is 364 g/mol. The molecular weight excluding hydrogens is 348 g/mol. The van der Waals surface area contributed by atoms with Gasteiger partial charge in [-0.15, -0.1) is 11.3 Å². The Balaban J connectivity index is 1.70. The quantitative estimate of drug-likeness (QED) is 0.785. The maximum Gasteiger partial charge on any atom is 0.337 e. The molecule has 2 aromatic rings. The van der Waals surface area contributed by atoms with Gasteiger partial charge in [-0.2, -0.15) is 0 Å². The van der Waals surface area contributed by atoms with E-state index in [2.05, 4.69) is 4.90 Å². The van der Waals surface area contributed by atoms with Crippen molar-refractivity contribution in [1.82, 2.24) is 4.90 Å². The summed E-state index contributed by atoms with van der Waals surface area (Å²) in [5.74, 6) is -0.321. The highest BCUT2D eigenvalue weighted by Gasteiger charge is 2.24. The highest BCUT2D eigenvalue weighted by molar-refractivity contribution is 7.12. The van der Waals surface area contributed by atoms with Gasteiger partial charge in [0.25, 0.3) is 5.91 Å². The van der Waals surface area contributed by atoms with E-state index in [1.807, 2.05) is 22.4 Å². The fraction of sp³-hybridized carbons (Fsp3) is 0.294. The second-order valence-electron chi connectivity index (χ2n) is 5.41. The molecule has 0 unspecified atom stereocenters. The summed E-state index contributed by atoms with van der Waals surface area (Å²) >= 11 is 7.74. The lowest BCUT2D eigenvalue weighted by atomic mass is 10.1. The molecule has 1 aromatic carbocycles. The van der Waals surface area contributed by atoms with Gasteiger partial charge >= 0.3 is 5.97 Å². The van der Waals surface area contributed by atoms with E-state index in [1.165, 1.54) is 18.4 Å². The van der Waals surface area contributed by atoms with Crippen LogP contribution in [0.4, 0.5) is 5.69 Å². The van der Waals surface area contributed by atoms with Crippen LogP contribution in [0.1, 0.15) is 20.0 Å². The molecule has 0 saturated carbocycles. The number of anilines is 1. The van der Waals surface area contributed by atoms with Crippen molar-refractivity contribution in [2.75, 3.05) is 38.2 Å². The van der Waals surface area contributed by atoms with E-state index in [1.54, 1.807) is 18.2 Å². The number of halogens is 1. The zero-order valence-electron chi connectivity index (χ0n) is 13.2. The van der Waals surface area contributed by atoms with Gasteiger partial charge in [0.1, 0.15) is 0 Å². The topological polar surface area (TPSA) is 49.9 Å². The highest BCUT2D eigenvalue weighted by Crippen LogP contribution is 2.28. The van der Waals surface area contributed by atoms with Gasteiger partial charge < -0.3 is 14.5 Å². The number of amides is 1. The van der Waals surface area contributed by atoms with E-state index in [0.717, 1.165) is 10.6 Å². The molecule has 0 radical (unpaired) electrons. The molecule has 2 heterocycles. The van der Waals surface area contributed by atoms with Crippen LogP contribution < -0.4 is 4.90 Å². The van der Waals surface area contributed by atoms with Crippen molar-refractivity contribution in [3.63, 3.8) is 0 Å². The van der Waals surface area contributed by atoms with Crippen molar-refractivity contribution in [3.8, 4) is 0 Å². The average molecular weight is 365 g/mol. The largest absolute Gasteiger partial charge is 0.465 e. The molecule has 1 aliphatic rings. The van der Waals surface area contributed by atoms with Crippen LogP contribution in [0.5, 0.6) is 0 Å². The second kappa shape index (κ2) is 7.23. The lowest BCUT2D eigenvalue weighted by Gasteiger charge is -2.36. The number of carbonyl (C=O) groups excluding carboxylic acids is 2. The summed E-state index contributed by atoms with van der Waals surface area (Å²) in [6.07, 6.45) is 0. The summed E-state index contributed by atoms with van der Waals surface area (Å²) in [5.41, 5.74) is 1.26. The Morgan fingerprint density at radius 1 is 1.17 bits per heavy atom. The van der Waals surface area contributed by atoms with Crippen molar-refractivity contribution in [3.05, 3.63) is 51.2 Å². The Kier molecular flexibility index (Phi) is 5.06. The number of carbonyl (C=O) groups is 2. The number of hydrogen-bond donors (Lipinski definition) is 0. The maximum absolute atomic E-state index is 12.4. The van der Waals surface area contributed by atoms with Crippen molar-refractivity contribution in [2.24, 2.45) is 0 Å². The molecule has 3 rings (SSSR count). The number of methoxy groups -OCH3 is 1. The number of nitrogens with zero attached hydrogens (tertiary/aromatic N) is 2. The minimum atomic E-state index is -0.389. The molecule has 1 amide bonds. The first-order valence-corrected chi connectivity index (χ1v) is 8.81. The van der Waals surface area contributed by atoms with Crippen molar-refractivity contribution >= 4 is 40.5 Å². The standard InChI is InChI=1S/C17H17ClN2O3S/c1-23-17(22)12-4-5-13(18)14(11-12)19-6-8-20(9-7-19)16(21)15-3-2-10-24-15/h2-5,10-11H,6-9H2,1H3. The van der Waals surface area contributed by atoms with Crippen LogP contribution in [0.2, 0.25) is 5.02 Å². The van der Waals surface area contributed by atoms with Crippen molar-refractivity contribution in [2.45, 2.75) is 0 Å². The first kappa shape index (κ1) is 16.8. The number of piperazine rings is 1. The van der Waals surface area contributed by atoms with Gasteiger partial charge in [0.15, 0.2) is 0 Å². The molecule has 24 heavy (non-hydrogen) atoms.